The van der Waals surface area contributed by atoms with Gasteiger partial charge in [0.15, 0.2) is 0 Å². The van der Waals surface area contributed by atoms with Gasteiger partial charge in [0, 0.05) is 11.5 Å². The average Bonchev–Trinajstić information content (AvgIpc) is 2.33. The number of aliphatic hydroxyl groups is 1. The van der Waals surface area contributed by atoms with Gasteiger partial charge in [-0.25, -0.2) is 0 Å². The molecule has 0 fully saturated rings. The third kappa shape index (κ3) is 4.56. The molecule has 3 heteroatoms. The first-order valence-electron chi connectivity index (χ1n) is 5.82. The van der Waals surface area contributed by atoms with Gasteiger partial charge < -0.3 is 10.8 Å². The van der Waals surface area contributed by atoms with Crippen LogP contribution in [0.15, 0.2) is 29.2 Å². The van der Waals surface area contributed by atoms with Crippen LogP contribution >= 0.6 is 11.8 Å². The predicted octanol–water partition coefficient (Wildman–Crippen LogP) is 2.30. The summed E-state index contributed by atoms with van der Waals surface area (Å²) in [6.07, 6.45) is 1.97. The maximum atomic E-state index is 9.03. The molecule has 90 valence electrons. The molecule has 0 saturated heterocycles. The molecule has 0 radical (unpaired) electrons. The molecule has 1 unspecified atom stereocenters. The van der Waals surface area contributed by atoms with E-state index in [9.17, 15) is 0 Å². The predicted molar refractivity (Wildman–Crippen MR) is 70.8 cm³/mol. The lowest BCUT2D eigenvalue weighted by Gasteiger charge is -2.11. The van der Waals surface area contributed by atoms with Crippen molar-refractivity contribution in [1.29, 1.82) is 0 Å². The second-order valence-corrected chi connectivity index (χ2v) is 5.24. The van der Waals surface area contributed by atoms with Crippen molar-refractivity contribution in [2.24, 2.45) is 11.7 Å². The van der Waals surface area contributed by atoms with Crippen molar-refractivity contribution in [3.05, 3.63) is 29.8 Å². The van der Waals surface area contributed by atoms with E-state index < -0.39 is 0 Å². The Balaban J connectivity index is 2.42. The molecule has 0 heterocycles. The lowest BCUT2D eigenvalue weighted by molar-refractivity contribution is 0.223. The zero-order chi connectivity index (χ0) is 11.8. The maximum Gasteiger partial charge on any atom is 0.0471 e. The Labute approximate surface area is 102 Å². The van der Waals surface area contributed by atoms with E-state index in [1.165, 1.54) is 10.5 Å². The summed E-state index contributed by atoms with van der Waals surface area (Å²) in [5.74, 6) is 1.35. The highest BCUT2D eigenvalue weighted by Crippen LogP contribution is 2.18. The van der Waals surface area contributed by atoms with Crippen LogP contribution in [-0.2, 0) is 6.42 Å². The second kappa shape index (κ2) is 7.71. The minimum Gasteiger partial charge on any atom is -0.396 e. The van der Waals surface area contributed by atoms with Gasteiger partial charge in [-0.05, 0) is 48.8 Å². The summed E-state index contributed by atoms with van der Waals surface area (Å²) in [6, 6.07) is 8.67. The molecule has 0 amide bonds. The van der Waals surface area contributed by atoms with Crippen molar-refractivity contribution in [2.45, 2.75) is 24.7 Å². The summed E-state index contributed by atoms with van der Waals surface area (Å²) in [5.41, 5.74) is 6.87. The Bertz CT molecular complexity index is 282. The first-order chi connectivity index (χ1) is 7.80. The summed E-state index contributed by atoms with van der Waals surface area (Å²) in [7, 11) is 0. The van der Waals surface area contributed by atoms with E-state index in [1.807, 2.05) is 11.8 Å². The van der Waals surface area contributed by atoms with Crippen LogP contribution in [0.4, 0.5) is 0 Å². The number of benzene rings is 1. The molecule has 0 bridgehead atoms. The standard InChI is InChI=1S/C13H21NOS/c1-2-16-13-7-5-11(6-8-13)3-4-12(9-14)10-15/h5-8,12,15H,2-4,9-10,14H2,1H3. The minimum absolute atomic E-state index is 0.195. The number of thioether (sulfide) groups is 1. The van der Waals surface area contributed by atoms with E-state index in [1.54, 1.807) is 0 Å². The Morgan fingerprint density at radius 2 is 2.00 bits per heavy atom. The monoisotopic (exact) mass is 239 g/mol. The Kier molecular flexibility index (Phi) is 6.53. The molecule has 1 aromatic rings. The smallest absolute Gasteiger partial charge is 0.0471 e. The van der Waals surface area contributed by atoms with E-state index in [4.69, 9.17) is 10.8 Å². The number of nitrogens with two attached hydrogens (primary N) is 1. The van der Waals surface area contributed by atoms with Crippen LogP contribution in [0.25, 0.3) is 0 Å². The highest BCUT2D eigenvalue weighted by Gasteiger charge is 2.05. The van der Waals surface area contributed by atoms with Crippen molar-refractivity contribution < 1.29 is 5.11 Å². The van der Waals surface area contributed by atoms with E-state index >= 15 is 0 Å². The van der Waals surface area contributed by atoms with Gasteiger partial charge in [-0.2, -0.15) is 0 Å². The van der Waals surface area contributed by atoms with Crippen LogP contribution < -0.4 is 5.73 Å². The summed E-state index contributed by atoms with van der Waals surface area (Å²) < 4.78 is 0. The van der Waals surface area contributed by atoms with Crippen LogP contribution in [0.1, 0.15) is 18.9 Å². The van der Waals surface area contributed by atoms with Gasteiger partial charge in [0.2, 0.25) is 0 Å². The van der Waals surface area contributed by atoms with Crippen molar-refractivity contribution in [1.82, 2.24) is 0 Å². The second-order valence-electron chi connectivity index (χ2n) is 3.90. The fourth-order valence-electron chi connectivity index (χ4n) is 1.57. The summed E-state index contributed by atoms with van der Waals surface area (Å²) in [4.78, 5) is 1.32. The van der Waals surface area contributed by atoms with Crippen molar-refractivity contribution >= 4 is 11.8 Å². The fraction of sp³-hybridized carbons (Fsp3) is 0.538. The highest BCUT2D eigenvalue weighted by atomic mass is 32.2. The van der Waals surface area contributed by atoms with E-state index in [2.05, 4.69) is 31.2 Å². The molecule has 0 aliphatic heterocycles. The van der Waals surface area contributed by atoms with Gasteiger partial charge in [0.25, 0.3) is 0 Å². The van der Waals surface area contributed by atoms with Gasteiger partial charge in [-0.1, -0.05) is 19.1 Å². The van der Waals surface area contributed by atoms with E-state index in [-0.39, 0.29) is 12.5 Å². The molecule has 0 aliphatic rings. The minimum atomic E-state index is 0.195. The Morgan fingerprint density at radius 1 is 1.31 bits per heavy atom. The molecule has 16 heavy (non-hydrogen) atoms. The lowest BCUT2D eigenvalue weighted by Crippen LogP contribution is -2.18. The van der Waals surface area contributed by atoms with Crippen LogP contribution in [0.5, 0.6) is 0 Å². The van der Waals surface area contributed by atoms with Crippen LogP contribution in [-0.4, -0.2) is 24.0 Å². The molecule has 0 saturated carbocycles. The van der Waals surface area contributed by atoms with Gasteiger partial charge in [0.1, 0.15) is 0 Å². The summed E-state index contributed by atoms with van der Waals surface area (Å²) in [6.45, 7) is 2.92. The molecule has 1 aromatic carbocycles. The van der Waals surface area contributed by atoms with Crippen molar-refractivity contribution in [3.8, 4) is 0 Å². The fourth-order valence-corrected chi connectivity index (χ4v) is 2.24. The maximum absolute atomic E-state index is 9.03. The van der Waals surface area contributed by atoms with Crippen LogP contribution in [0, 0.1) is 5.92 Å². The molecular weight excluding hydrogens is 218 g/mol. The molecule has 0 aliphatic carbocycles. The number of aryl methyl sites for hydroxylation is 1. The molecule has 1 atom stereocenters. The lowest BCUT2D eigenvalue weighted by atomic mass is 10.0. The third-order valence-electron chi connectivity index (χ3n) is 2.67. The first-order valence-corrected chi connectivity index (χ1v) is 6.81. The molecule has 3 N–H and O–H groups in total. The van der Waals surface area contributed by atoms with Gasteiger partial charge in [-0.3, -0.25) is 0 Å². The van der Waals surface area contributed by atoms with Crippen molar-refractivity contribution in [2.75, 3.05) is 18.9 Å². The number of aliphatic hydroxyl groups excluding tert-OH is 1. The number of hydrogen-bond donors (Lipinski definition) is 2. The SMILES string of the molecule is CCSc1ccc(CCC(CN)CO)cc1. The average molecular weight is 239 g/mol. The Morgan fingerprint density at radius 3 is 2.50 bits per heavy atom. The molecule has 2 nitrogen and oxygen atoms in total. The third-order valence-corrected chi connectivity index (χ3v) is 3.56. The molecule has 0 aromatic heterocycles. The van der Waals surface area contributed by atoms with Gasteiger partial charge in [-0.15, -0.1) is 11.8 Å². The van der Waals surface area contributed by atoms with Crippen LogP contribution in [0.3, 0.4) is 0 Å². The molecular formula is C13H21NOS. The van der Waals surface area contributed by atoms with Gasteiger partial charge in [0.05, 0.1) is 0 Å². The normalized spacial score (nSPS) is 12.7. The first kappa shape index (κ1) is 13.6. The summed E-state index contributed by atoms with van der Waals surface area (Å²) >= 11 is 1.86. The number of hydrogen-bond acceptors (Lipinski definition) is 3. The zero-order valence-electron chi connectivity index (χ0n) is 9.86. The van der Waals surface area contributed by atoms with E-state index in [0.29, 0.717) is 6.54 Å². The topological polar surface area (TPSA) is 46.2 Å². The van der Waals surface area contributed by atoms with Crippen molar-refractivity contribution in [3.63, 3.8) is 0 Å². The van der Waals surface area contributed by atoms with Gasteiger partial charge >= 0.3 is 0 Å². The largest absolute Gasteiger partial charge is 0.396 e. The zero-order valence-corrected chi connectivity index (χ0v) is 10.7. The van der Waals surface area contributed by atoms with E-state index in [0.717, 1.165) is 18.6 Å². The molecule has 0 spiro atoms. The van der Waals surface area contributed by atoms with Crippen LogP contribution in [0.2, 0.25) is 0 Å². The summed E-state index contributed by atoms with van der Waals surface area (Å²) in [5, 5.41) is 9.03. The quantitative estimate of drug-likeness (QED) is 0.718. The molecule has 1 rings (SSSR count). The number of rotatable bonds is 7. The highest BCUT2D eigenvalue weighted by molar-refractivity contribution is 7.99. The Hall–Kier alpha value is -0.510.